The van der Waals surface area contributed by atoms with Crippen molar-refractivity contribution in [1.29, 1.82) is 0 Å². The number of halogens is 1. The Bertz CT molecular complexity index is 886. The Labute approximate surface area is 151 Å². The zero-order valence-corrected chi connectivity index (χ0v) is 14.4. The van der Waals surface area contributed by atoms with E-state index in [2.05, 4.69) is 15.3 Å². The van der Waals surface area contributed by atoms with Gasteiger partial charge in [-0.25, -0.2) is 14.4 Å². The minimum absolute atomic E-state index is 0.268. The molecule has 0 unspecified atom stereocenters. The number of carbonyl (C=O) groups excluding carboxylic acids is 1. The highest BCUT2D eigenvalue weighted by Crippen LogP contribution is 2.20. The maximum Gasteiger partial charge on any atom is 0.270 e. The van der Waals surface area contributed by atoms with Crippen LogP contribution in [0.5, 0.6) is 0 Å². The van der Waals surface area contributed by atoms with Crippen molar-refractivity contribution in [2.75, 3.05) is 18.5 Å². The standard InChI is InChI=1S/C20H19FN4O/c1-25(16-8-3-2-4-9-16)19-13-18(23-14-24-19)20(26)22-12-11-15-7-5-6-10-17(15)21/h2-10,13-14H,11-12H2,1H3,(H,22,26). The van der Waals surface area contributed by atoms with Gasteiger partial charge in [0.2, 0.25) is 0 Å². The molecule has 1 amide bonds. The third-order valence-corrected chi connectivity index (χ3v) is 4.01. The smallest absolute Gasteiger partial charge is 0.270 e. The van der Waals surface area contributed by atoms with E-state index in [4.69, 9.17) is 0 Å². The molecule has 2 aromatic carbocycles. The van der Waals surface area contributed by atoms with Crippen LogP contribution in [0.25, 0.3) is 0 Å². The molecule has 3 aromatic rings. The van der Waals surface area contributed by atoms with Gasteiger partial charge in [0.15, 0.2) is 0 Å². The van der Waals surface area contributed by atoms with E-state index in [0.717, 1.165) is 5.69 Å². The third kappa shape index (κ3) is 4.22. The van der Waals surface area contributed by atoms with E-state index in [-0.39, 0.29) is 17.4 Å². The van der Waals surface area contributed by atoms with Gasteiger partial charge in [0.05, 0.1) is 0 Å². The monoisotopic (exact) mass is 350 g/mol. The number of anilines is 2. The van der Waals surface area contributed by atoms with Gasteiger partial charge in [-0.15, -0.1) is 0 Å². The Morgan fingerprint density at radius 1 is 1.08 bits per heavy atom. The van der Waals surface area contributed by atoms with Crippen molar-refractivity contribution >= 4 is 17.4 Å². The lowest BCUT2D eigenvalue weighted by Gasteiger charge is -2.18. The molecule has 0 aliphatic heterocycles. The Hall–Kier alpha value is -3.28. The van der Waals surface area contributed by atoms with Gasteiger partial charge >= 0.3 is 0 Å². The van der Waals surface area contributed by atoms with Crippen LogP contribution in [0, 0.1) is 5.82 Å². The first-order valence-electron chi connectivity index (χ1n) is 8.27. The molecule has 3 rings (SSSR count). The fraction of sp³-hybridized carbons (Fsp3) is 0.150. The van der Waals surface area contributed by atoms with E-state index in [1.807, 2.05) is 42.3 Å². The van der Waals surface area contributed by atoms with E-state index < -0.39 is 0 Å². The van der Waals surface area contributed by atoms with E-state index in [1.54, 1.807) is 24.3 Å². The first-order chi connectivity index (χ1) is 12.6. The predicted molar refractivity (Wildman–Crippen MR) is 99.0 cm³/mol. The highest BCUT2D eigenvalue weighted by atomic mass is 19.1. The van der Waals surface area contributed by atoms with Crippen molar-refractivity contribution in [3.63, 3.8) is 0 Å². The molecule has 0 saturated heterocycles. The summed E-state index contributed by atoms with van der Waals surface area (Å²) in [7, 11) is 1.87. The van der Waals surface area contributed by atoms with Crippen LogP contribution in [0.15, 0.2) is 67.0 Å². The number of hydrogen-bond acceptors (Lipinski definition) is 4. The van der Waals surface area contributed by atoms with E-state index in [0.29, 0.717) is 24.3 Å². The summed E-state index contributed by atoms with van der Waals surface area (Å²) < 4.78 is 13.6. The quantitative estimate of drug-likeness (QED) is 0.741. The van der Waals surface area contributed by atoms with Crippen LogP contribution < -0.4 is 10.2 Å². The Morgan fingerprint density at radius 3 is 2.58 bits per heavy atom. The summed E-state index contributed by atoms with van der Waals surface area (Å²) in [6.45, 7) is 0.327. The van der Waals surface area contributed by atoms with E-state index >= 15 is 0 Å². The van der Waals surface area contributed by atoms with Crippen LogP contribution in [0.1, 0.15) is 16.1 Å². The molecule has 0 spiro atoms. The van der Waals surface area contributed by atoms with Crippen molar-refractivity contribution in [3.05, 3.63) is 84.1 Å². The molecule has 0 aliphatic rings. The van der Waals surface area contributed by atoms with Gasteiger partial charge in [-0.2, -0.15) is 0 Å². The molecule has 0 atom stereocenters. The molecular formula is C20H19FN4O. The molecule has 0 radical (unpaired) electrons. The van der Waals surface area contributed by atoms with Gasteiger partial charge in [0, 0.05) is 25.3 Å². The van der Waals surface area contributed by atoms with Crippen LogP contribution in [0.3, 0.4) is 0 Å². The number of benzene rings is 2. The number of hydrogen-bond donors (Lipinski definition) is 1. The molecule has 0 fully saturated rings. The molecule has 5 nitrogen and oxygen atoms in total. The van der Waals surface area contributed by atoms with Crippen molar-refractivity contribution in [1.82, 2.24) is 15.3 Å². The molecule has 0 bridgehead atoms. The second-order valence-electron chi connectivity index (χ2n) is 5.75. The highest BCUT2D eigenvalue weighted by molar-refractivity contribution is 5.93. The number of rotatable bonds is 6. The van der Waals surface area contributed by atoms with Crippen molar-refractivity contribution in [2.24, 2.45) is 0 Å². The molecule has 1 N–H and O–H groups in total. The van der Waals surface area contributed by atoms with Gasteiger partial charge in [-0.05, 0) is 30.2 Å². The average molecular weight is 350 g/mol. The van der Waals surface area contributed by atoms with Crippen LogP contribution in [0.2, 0.25) is 0 Å². The number of amides is 1. The molecular weight excluding hydrogens is 331 g/mol. The molecule has 132 valence electrons. The SMILES string of the molecule is CN(c1ccccc1)c1cc(C(=O)NCCc2ccccc2F)ncn1. The van der Waals surface area contributed by atoms with Crippen LogP contribution in [-0.4, -0.2) is 29.5 Å². The first kappa shape index (κ1) is 17.5. The Morgan fingerprint density at radius 2 is 1.81 bits per heavy atom. The summed E-state index contributed by atoms with van der Waals surface area (Å²) in [5, 5.41) is 2.77. The van der Waals surface area contributed by atoms with Crippen LogP contribution in [0.4, 0.5) is 15.9 Å². The zero-order valence-electron chi connectivity index (χ0n) is 14.4. The van der Waals surface area contributed by atoms with Gasteiger partial charge in [0.25, 0.3) is 5.91 Å². The normalized spacial score (nSPS) is 10.4. The number of para-hydroxylation sites is 1. The van der Waals surface area contributed by atoms with Gasteiger partial charge in [0.1, 0.15) is 23.7 Å². The summed E-state index contributed by atoms with van der Waals surface area (Å²) in [6.07, 6.45) is 1.78. The number of nitrogens with zero attached hydrogens (tertiary/aromatic N) is 3. The lowest BCUT2D eigenvalue weighted by molar-refractivity contribution is 0.0949. The Kier molecular flexibility index (Phi) is 5.53. The largest absolute Gasteiger partial charge is 0.350 e. The molecule has 0 saturated carbocycles. The number of aromatic nitrogens is 2. The highest BCUT2D eigenvalue weighted by Gasteiger charge is 2.12. The summed E-state index contributed by atoms with van der Waals surface area (Å²) in [6, 6.07) is 17.9. The summed E-state index contributed by atoms with van der Waals surface area (Å²) >= 11 is 0. The third-order valence-electron chi connectivity index (χ3n) is 4.01. The average Bonchev–Trinajstić information content (AvgIpc) is 2.69. The fourth-order valence-electron chi connectivity index (χ4n) is 2.54. The number of nitrogens with one attached hydrogen (secondary N) is 1. The first-order valence-corrected chi connectivity index (χ1v) is 8.27. The molecule has 1 aromatic heterocycles. The van der Waals surface area contributed by atoms with E-state index in [1.165, 1.54) is 12.4 Å². The Balaban J connectivity index is 1.64. The van der Waals surface area contributed by atoms with Crippen molar-refractivity contribution in [2.45, 2.75) is 6.42 Å². The number of carbonyl (C=O) groups is 1. The maximum atomic E-state index is 13.6. The molecule has 6 heteroatoms. The lowest BCUT2D eigenvalue weighted by atomic mass is 10.1. The second kappa shape index (κ2) is 8.20. The predicted octanol–water partition coefficient (Wildman–Crippen LogP) is 3.36. The topological polar surface area (TPSA) is 58.1 Å². The van der Waals surface area contributed by atoms with Gasteiger partial charge in [-0.3, -0.25) is 4.79 Å². The second-order valence-corrected chi connectivity index (χ2v) is 5.75. The van der Waals surface area contributed by atoms with Gasteiger partial charge in [-0.1, -0.05) is 36.4 Å². The maximum absolute atomic E-state index is 13.6. The lowest BCUT2D eigenvalue weighted by Crippen LogP contribution is -2.27. The van der Waals surface area contributed by atoms with Crippen LogP contribution in [-0.2, 0) is 6.42 Å². The van der Waals surface area contributed by atoms with E-state index in [9.17, 15) is 9.18 Å². The summed E-state index contributed by atoms with van der Waals surface area (Å²) in [5.74, 6) is 0.0347. The van der Waals surface area contributed by atoms with Crippen LogP contribution >= 0.6 is 0 Å². The minimum atomic E-state index is -0.313. The van der Waals surface area contributed by atoms with Crippen molar-refractivity contribution in [3.8, 4) is 0 Å². The molecule has 26 heavy (non-hydrogen) atoms. The molecule has 0 aliphatic carbocycles. The minimum Gasteiger partial charge on any atom is -0.350 e. The van der Waals surface area contributed by atoms with Crippen molar-refractivity contribution < 1.29 is 9.18 Å². The molecule has 1 heterocycles. The summed E-state index contributed by atoms with van der Waals surface area (Å²) in [4.78, 5) is 22.4. The zero-order chi connectivity index (χ0) is 18.4. The fourth-order valence-corrected chi connectivity index (χ4v) is 2.54. The summed E-state index contributed by atoms with van der Waals surface area (Å²) in [5.41, 5.74) is 1.79. The van der Waals surface area contributed by atoms with Gasteiger partial charge < -0.3 is 10.2 Å².